The second-order valence-electron chi connectivity index (χ2n) is 7.60. The fourth-order valence-electron chi connectivity index (χ4n) is 3.56. The number of carbonyl (C=O) groups is 1. The summed E-state index contributed by atoms with van der Waals surface area (Å²) in [5, 5.41) is 12.5. The third-order valence-corrected chi connectivity index (χ3v) is 6.19. The molecule has 8 heteroatoms. The van der Waals surface area contributed by atoms with E-state index in [0.29, 0.717) is 11.7 Å². The van der Waals surface area contributed by atoms with Crippen molar-refractivity contribution in [1.29, 1.82) is 0 Å². The molecular weight excluding hydrogens is 400 g/mol. The molecule has 1 atom stereocenters. The minimum absolute atomic E-state index is 0.0681. The molecule has 2 aromatic heterocycles. The molecule has 7 nitrogen and oxygen atoms in total. The molecule has 1 saturated heterocycles. The molecule has 0 saturated carbocycles. The minimum Gasteiger partial charge on any atom is -0.469 e. The van der Waals surface area contributed by atoms with Crippen LogP contribution in [0.25, 0.3) is 11.4 Å². The highest BCUT2D eigenvalue weighted by molar-refractivity contribution is 7.99. The Balaban J connectivity index is 1.50. The largest absolute Gasteiger partial charge is 0.469 e. The molecule has 30 heavy (non-hydrogen) atoms. The second-order valence-corrected chi connectivity index (χ2v) is 8.54. The number of aryl methyl sites for hydroxylation is 3. The Labute approximate surface area is 180 Å². The number of nitrogens with one attached hydrogen (secondary N) is 1. The number of rotatable bonds is 7. The van der Waals surface area contributed by atoms with E-state index in [0.717, 1.165) is 53.4 Å². The van der Waals surface area contributed by atoms with E-state index in [1.807, 2.05) is 49.6 Å². The summed E-state index contributed by atoms with van der Waals surface area (Å²) < 4.78 is 13.3. The van der Waals surface area contributed by atoms with E-state index < -0.39 is 0 Å². The molecular formula is C22H26N4O3S. The molecule has 3 aromatic rings. The molecule has 1 fully saturated rings. The number of amides is 1. The first-order valence-electron chi connectivity index (χ1n) is 10.1. The Morgan fingerprint density at radius 3 is 2.87 bits per heavy atom. The minimum atomic E-state index is -0.0681. The number of benzene rings is 1. The van der Waals surface area contributed by atoms with Crippen LogP contribution in [0.2, 0.25) is 0 Å². The van der Waals surface area contributed by atoms with E-state index in [1.54, 1.807) is 6.26 Å². The zero-order valence-corrected chi connectivity index (χ0v) is 18.3. The summed E-state index contributed by atoms with van der Waals surface area (Å²) in [7, 11) is 0. The molecule has 1 unspecified atom stereocenters. The van der Waals surface area contributed by atoms with Crippen LogP contribution in [0.5, 0.6) is 0 Å². The average Bonchev–Trinajstić information content (AvgIpc) is 3.45. The summed E-state index contributed by atoms with van der Waals surface area (Å²) in [6.07, 6.45) is 3.86. The maximum atomic E-state index is 12.6. The number of hydrogen-bond acceptors (Lipinski definition) is 6. The Hall–Kier alpha value is -2.58. The monoisotopic (exact) mass is 426 g/mol. The Morgan fingerprint density at radius 2 is 2.13 bits per heavy atom. The lowest BCUT2D eigenvalue weighted by molar-refractivity contribution is -0.113. The smallest absolute Gasteiger partial charge is 0.234 e. The lowest BCUT2D eigenvalue weighted by Gasteiger charge is -2.14. The van der Waals surface area contributed by atoms with Crippen molar-refractivity contribution in [2.24, 2.45) is 0 Å². The van der Waals surface area contributed by atoms with Crippen molar-refractivity contribution in [3.05, 3.63) is 47.4 Å². The zero-order chi connectivity index (χ0) is 21.1. The van der Waals surface area contributed by atoms with E-state index in [9.17, 15) is 4.79 Å². The van der Waals surface area contributed by atoms with Crippen LogP contribution in [0, 0.1) is 20.8 Å². The van der Waals surface area contributed by atoms with Gasteiger partial charge in [0.1, 0.15) is 5.76 Å². The Kier molecular flexibility index (Phi) is 6.24. The van der Waals surface area contributed by atoms with Gasteiger partial charge < -0.3 is 14.5 Å². The lowest BCUT2D eigenvalue weighted by atomic mass is 10.1. The van der Waals surface area contributed by atoms with Crippen LogP contribution in [0.1, 0.15) is 29.7 Å². The van der Waals surface area contributed by atoms with Gasteiger partial charge in [-0.3, -0.25) is 9.36 Å². The number of thioether (sulfide) groups is 1. The van der Waals surface area contributed by atoms with Crippen molar-refractivity contribution in [3.63, 3.8) is 0 Å². The van der Waals surface area contributed by atoms with Crippen LogP contribution < -0.4 is 5.32 Å². The molecule has 0 aliphatic carbocycles. The summed E-state index contributed by atoms with van der Waals surface area (Å²) in [5.74, 6) is 1.72. The number of furan rings is 1. The average molecular weight is 427 g/mol. The highest BCUT2D eigenvalue weighted by atomic mass is 32.2. The molecule has 1 aliphatic heterocycles. The fraction of sp³-hybridized carbons (Fsp3) is 0.409. The predicted molar refractivity (Wildman–Crippen MR) is 117 cm³/mol. The van der Waals surface area contributed by atoms with Crippen LogP contribution in [-0.2, 0) is 16.1 Å². The Morgan fingerprint density at radius 1 is 1.27 bits per heavy atom. The van der Waals surface area contributed by atoms with Gasteiger partial charge in [-0.05, 0) is 56.9 Å². The first kappa shape index (κ1) is 20.7. The van der Waals surface area contributed by atoms with Crippen molar-refractivity contribution < 1.29 is 13.9 Å². The summed E-state index contributed by atoms with van der Waals surface area (Å²) in [4.78, 5) is 12.6. The van der Waals surface area contributed by atoms with Gasteiger partial charge in [0.15, 0.2) is 11.0 Å². The maximum Gasteiger partial charge on any atom is 0.234 e. The third kappa shape index (κ3) is 4.60. The SMILES string of the molecule is Cc1ccc(C)c(NC(=O)CSc2nnc(-c3ccoc3C)n2CC2CCCO2)c1. The Bertz CT molecular complexity index is 1040. The van der Waals surface area contributed by atoms with E-state index in [4.69, 9.17) is 9.15 Å². The van der Waals surface area contributed by atoms with Crippen LogP contribution in [0.3, 0.4) is 0 Å². The molecule has 1 N–H and O–H groups in total. The summed E-state index contributed by atoms with van der Waals surface area (Å²) >= 11 is 1.38. The van der Waals surface area contributed by atoms with Gasteiger partial charge in [0, 0.05) is 12.3 Å². The molecule has 0 spiro atoms. The van der Waals surface area contributed by atoms with Gasteiger partial charge in [-0.2, -0.15) is 0 Å². The molecule has 1 aromatic carbocycles. The number of ether oxygens (including phenoxy) is 1. The van der Waals surface area contributed by atoms with Crippen LogP contribution in [0.15, 0.2) is 40.1 Å². The topological polar surface area (TPSA) is 82.2 Å². The number of hydrogen-bond donors (Lipinski definition) is 1. The van der Waals surface area contributed by atoms with Crippen molar-refractivity contribution in [2.75, 3.05) is 17.7 Å². The second kappa shape index (κ2) is 9.06. The van der Waals surface area contributed by atoms with E-state index in [2.05, 4.69) is 15.5 Å². The van der Waals surface area contributed by atoms with Gasteiger partial charge in [-0.1, -0.05) is 23.9 Å². The van der Waals surface area contributed by atoms with E-state index >= 15 is 0 Å². The number of nitrogens with zero attached hydrogens (tertiary/aromatic N) is 3. The summed E-state index contributed by atoms with van der Waals surface area (Å²) in [6, 6.07) is 7.92. The molecule has 158 valence electrons. The van der Waals surface area contributed by atoms with Crippen LogP contribution in [-0.4, -0.2) is 39.1 Å². The zero-order valence-electron chi connectivity index (χ0n) is 17.5. The van der Waals surface area contributed by atoms with Crippen LogP contribution in [0.4, 0.5) is 5.69 Å². The van der Waals surface area contributed by atoms with Crippen molar-refractivity contribution in [2.45, 2.75) is 51.4 Å². The van der Waals surface area contributed by atoms with Crippen molar-refractivity contribution in [3.8, 4) is 11.4 Å². The van der Waals surface area contributed by atoms with Gasteiger partial charge in [0.05, 0.1) is 30.2 Å². The molecule has 3 heterocycles. The highest BCUT2D eigenvalue weighted by Gasteiger charge is 2.23. The molecule has 0 bridgehead atoms. The molecule has 1 aliphatic rings. The van der Waals surface area contributed by atoms with Gasteiger partial charge in [0.2, 0.25) is 5.91 Å². The first-order chi connectivity index (χ1) is 14.5. The predicted octanol–water partition coefficient (Wildman–Crippen LogP) is 4.37. The first-order valence-corrected chi connectivity index (χ1v) is 11.1. The number of aromatic nitrogens is 3. The quantitative estimate of drug-likeness (QED) is 0.565. The number of carbonyl (C=O) groups excluding carboxylic acids is 1. The third-order valence-electron chi connectivity index (χ3n) is 5.23. The number of anilines is 1. The lowest BCUT2D eigenvalue weighted by Crippen LogP contribution is -2.18. The fourth-order valence-corrected chi connectivity index (χ4v) is 4.30. The molecule has 1 amide bonds. The van der Waals surface area contributed by atoms with Crippen molar-refractivity contribution >= 4 is 23.4 Å². The van der Waals surface area contributed by atoms with Gasteiger partial charge in [-0.15, -0.1) is 10.2 Å². The molecule has 4 rings (SSSR count). The van der Waals surface area contributed by atoms with Gasteiger partial charge in [0.25, 0.3) is 0 Å². The molecule has 0 radical (unpaired) electrons. The maximum absolute atomic E-state index is 12.6. The van der Waals surface area contributed by atoms with Gasteiger partial charge in [-0.25, -0.2) is 0 Å². The highest BCUT2D eigenvalue weighted by Crippen LogP contribution is 2.29. The van der Waals surface area contributed by atoms with Crippen LogP contribution >= 0.6 is 11.8 Å². The standard InChI is InChI=1S/C22H26N4O3S/c1-14-6-7-15(2)19(11-14)23-20(27)13-30-22-25-24-21(18-8-10-28-16(18)3)26(22)12-17-5-4-9-29-17/h6-8,10-11,17H,4-5,9,12-13H2,1-3H3,(H,23,27). The summed E-state index contributed by atoms with van der Waals surface area (Å²) in [5.41, 5.74) is 3.90. The normalized spacial score (nSPS) is 16.2. The van der Waals surface area contributed by atoms with E-state index in [-0.39, 0.29) is 17.8 Å². The summed E-state index contributed by atoms with van der Waals surface area (Å²) in [6.45, 7) is 7.35. The van der Waals surface area contributed by atoms with Crippen molar-refractivity contribution in [1.82, 2.24) is 14.8 Å². The van der Waals surface area contributed by atoms with E-state index in [1.165, 1.54) is 11.8 Å². The van der Waals surface area contributed by atoms with Gasteiger partial charge >= 0.3 is 0 Å².